The summed E-state index contributed by atoms with van der Waals surface area (Å²) in [5.41, 5.74) is 0.679. The van der Waals surface area contributed by atoms with Crippen LogP contribution in [0.1, 0.15) is 47.5 Å². The Morgan fingerprint density at radius 3 is 2.36 bits per heavy atom. The molecule has 1 atom stereocenters. The van der Waals surface area contributed by atoms with E-state index in [1.165, 1.54) is 11.6 Å². The van der Waals surface area contributed by atoms with Crippen LogP contribution in [0.4, 0.5) is 0 Å². The van der Waals surface area contributed by atoms with Gasteiger partial charge in [0.15, 0.2) is 5.78 Å². The quantitative estimate of drug-likeness (QED) is 0.377. The van der Waals surface area contributed by atoms with Crippen molar-refractivity contribution in [2.24, 2.45) is 0 Å². The summed E-state index contributed by atoms with van der Waals surface area (Å²) in [6.45, 7) is 3.40. The van der Waals surface area contributed by atoms with Gasteiger partial charge in [-0.05, 0) is 80.6 Å². The van der Waals surface area contributed by atoms with Gasteiger partial charge in [-0.2, -0.15) is 0 Å². The molecule has 8 heteroatoms. The lowest BCUT2D eigenvalue weighted by atomic mass is 9.84. The van der Waals surface area contributed by atoms with Crippen LogP contribution in [0.15, 0.2) is 54.7 Å². The summed E-state index contributed by atoms with van der Waals surface area (Å²) in [4.78, 5) is 16.7. The van der Waals surface area contributed by atoms with Crippen LogP contribution in [0.25, 0.3) is 0 Å². The fourth-order valence-electron chi connectivity index (χ4n) is 5.05. The number of allylic oxidation sites excluding steroid dienone is 1. The summed E-state index contributed by atoms with van der Waals surface area (Å²) in [7, 11) is 1.67. The predicted octanol–water partition coefficient (Wildman–Crippen LogP) is 4.77. The first-order chi connectivity index (χ1) is 17.3. The van der Waals surface area contributed by atoms with Crippen LogP contribution in [0.2, 0.25) is 10.0 Å². The van der Waals surface area contributed by atoms with Gasteiger partial charge in [0.1, 0.15) is 5.75 Å². The Bertz CT molecular complexity index is 1060. The molecule has 2 fully saturated rings. The number of aliphatic hydroxyl groups excluding tert-OH is 1. The second kappa shape index (κ2) is 12.0. The Hall–Kier alpha value is -2.09. The maximum Gasteiger partial charge on any atom is 0.187 e. The molecular weight excluding hydrogens is 499 g/mol. The summed E-state index contributed by atoms with van der Waals surface area (Å²) in [5.74, 6) is 1.22. The number of methoxy groups -OCH3 is 1. The van der Waals surface area contributed by atoms with E-state index in [9.17, 15) is 15.0 Å². The van der Waals surface area contributed by atoms with Gasteiger partial charge in [0, 0.05) is 37.5 Å². The summed E-state index contributed by atoms with van der Waals surface area (Å²) < 4.78 is 5.25. The average molecular weight is 533 g/mol. The van der Waals surface area contributed by atoms with Crippen LogP contribution in [-0.2, 0) is 0 Å². The maximum atomic E-state index is 12.4. The fourth-order valence-corrected chi connectivity index (χ4v) is 5.35. The van der Waals surface area contributed by atoms with Crippen LogP contribution >= 0.6 is 23.2 Å². The molecule has 36 heavy (non-hydrogen) atoms. The zero-order valence-corrected chi connectivity index (χ0v) is 22.1. The van der Waals surface area contributed by atoms with Crippen molar-refractivity contribution in [1.29, 1.82) is 0 Å². The molecule has 2 aromatic rings. The number of rotatable bonds is 8. The van der Waals surface area contributed by atoms with Gasteiger partial charge in [0.25, 0.3) is 0 Å². The SMILES string of the molecule is COc1ccc(C2CCN(CC(O)C3(O)CCN(C=CC(=O)c4ccc(Cl)c(Cl)c4)CC3)CC2)cc1. The lowest BCUT2D eigenvalue weighted by Gasteiger charge is -2.43. The topological polar surface area (TPSA) is 73.2 Å². The first-order valence-electron chi connectivity index (χ1n) is 12.5. The van der Waals surface area contributed by atoms with Crippen LogP contribution < -0.4 is 4.74 Å². The van der Waals surface area contributed by atoms with E-state index in [0.717, 1.165) is 31.7 Å². The Morgan fingerprint density at radius 1 is 1.08 bits per heavy atom. The smallest absolute Gasteiger partial charge is 0.187 e. The minimum Gasteiger partial charge on any atom is -0.497 e. The Balaban J connectivity index is 1.23. The maximum absolute atomic E-state index is 12.4. The largest absolute Gasteiger partial charge is 0.497 e. The van der Waals surface area contributed by atoms with E-state index < -0.39 is 11.7 Å². The molecule has 0 amide bonds. The van der Waals surface area contributed by atoms with Crippen molar-refractivity contribution in [2.45, 2.75) is 43.3 Å². The number of likely N-dealkylation sites (tertiary alicyclic amines) is 2. The number of carbonyl (C=O) groups is 1. The summed E-state index contributed by atoms with van der Waals surface area (Å²) >= 11 is 11.9. The number of halogens is 2. The number of ketones is 1. The minimum atomic E-state index is -1.12. The summed E-state index contributed by atoms with van der Waals surface area (Å²) in [6, 6.07) is 13.1. The molecule has 2 aromatic carbocycles. The molecule has 2 N–H and O–H groups in total. The Kier molecular flexibility index (Phi) is 8.96. The highest BCUT2D eigenvalue weighted by Crippen LogP contribution is 2.31. The summed E-state index contributed by atoms with van der Waals surface area (Å²) in [5, 5.41) is 22.8. The standard InChI is InChI=1S/C28H34Cl2N2O4/c1-36-23-5-2-20(3-6-23)21-8-13-32(14-9-21)19-27(34)28(35)11-16-31(17-12-28)15-10-26(33)22-4-7-24(29)25(30)18-22/h2-7,10,15,18,21,27,34-35H,8-9,11-14,16-17,19H2,1H3. The van der Waals surface area contributed by atoms with Gasteiger partial charge in [-0.15, -0.1) is 0 Å². The number of aliphatic hydroxyl groups is 2. The molecule has 0 saturated carbocycles. The lowest BCUT2D eigenvalue weighted by molar-refractivity contribution is -0.114. The van der Waals surface area contributed by atoms with Gasteiger partial charge < -0.3 is 24.7 Å². The zero-order chi connectivity index (χ0) is 25.7. The molecular formula is C28H34Cl2N2O4. The minimum absolute atomic E-state index is 0.160. The van der Waals surface area contributed by atoms with E-state index in [2.05, 4.69) is 17.0 Å². The van der Waals surface area contributed by atoms with Gasteiger partial charge in [-0.25, -0.2) is 0 Å². The van der Waals surface area contributed by atoms with Crippen molar-refractivity contribution in [3.63, 3.8) is 0 Å². The number of hydrogen-bond acceptors (Lipinski definition) is 6. The van der Waals surface area contributed by atoms with Gasteiger partial charge in [-0.3, -0.25) is 4.79 Å². The molecule has 1 unspecified atom stereocenters. The number of piperidine rings is 2. The third kappa shape index (κ3) is 6.61. The highest BCUT2D eigenvalue weighted by molar-refractivity contribution is 6.42. The third-order valence-electron chi connectivity index (χ3n) is 7.53. The van der Waals surface area contributed by atoms with Crippen LogP contribution in [0.5, 0.6) is 5.75 Å². The number of nitrogens with zero attached hydrogens (tertiary/aromatic N) is 2. The molecule has 0 bridgehead atoms. The van der Waals surface area contributed by atoms with Gasteiger partial charge >= 0.3 is 0 Å². The number of ether oxygens (including phenoxy) is 1. The summed E-state index contributed by atoms with van der Waals surface area (Å²) in [6.07, 6.45) is 5.41. The second-order valence-corrected chi connectivity index (χ2v) is 10.6. The first-order valence-corrected chi connectivity index (χ1v) is 13.2. The Labute approximate surface area is 223 Å². The van der Waals surface area contributed by atoms with E-state index in [1.54, 1.807) is 31.5 Å². The first kappa shape index (κ1) is 27.0. The van der Waals surface area contributed by atoms with Crippen LogP contribution in [0, 0.1) is 0 Å². The molecule has 2 saturated heterocycles. The number of carbonyl (C=O) groups excluding carboxylic acids is 1. The number of benzene rings is 2. The molecule has 2 heterocycles. The zero-order valence-electron chi connectivity index (χ0n) is 20.6. The fraction of sp³-hybridized carbons (Fsp3) is 0.464. The van der Waals surface area contributed by atoms with Gasteiger partial charge in [0.2, 0.25) is 0 Å². The van der Waals surface area contributed by atoms with Crippen molar-refractivity contribution in [3.05, 3.63) is 75.9 Å². The Morgan fingerprint density at radius 2 is 1.75 bits per heavy atom. The van der Waals surface area contributed by atoms with Crippen LogP contribution in [0.3, 0.4) is 0 Å². The average Bonchev–Trinajstić information content (AvgIpc) is 2.90. The normalized spacial score (nSPS) is 20.0. The van der Waals surface area contributed by atoms with Crippen molar-refractivity contribution >= 4 is 29.0 Å². The molecule has 4 rings (SSSR count). The van der Waals surface area contributed by atoms with E-state index in [-0.39, 0.29) is 5.78 Å². The van der Waals surface area contributed by atoms with Crippen molar-refractivity contribution < 1.29 is 19.7 Å². The van der Waals surface area contributed by atoms with Crippen molar-refractivity contribution in [1.82, 2.24) is 9.80 Å². The highest BCUT2D eigenvalue weighted by atomic mass is 35.5. The van der Waals surface area contributed by atoms with Crippen molar-refractivity contribution in [3.8, 4) is 5.75 Å². The van der Waals surface area contributed by atoms with Gasteiger partial charge in [-0.1, -0.05) is 35.3 Å². The highest BCUT2D eigenvalue weighted by Gasteiger charge is 2.39. The van der Waals surface area contributed by atoms with E-state index in [1.807, 2.05) is 17.0 Å². The van der Waals surface area contributed by atoms with Crippen molar-refractivity contribution in [2.75, 3.05) is 39.8 Å². The molecule has 0 aliphatic carbocycles. The molecule has 0 radical (unpaired) electrons. The molecule has 0 aromatic heterocycles. The third-order valence-corrected chi connectivity index (χ3v) is 8.27. The van der Waals surface area contributed by atoms with Crippen LogP contribution in [-0.4, -0.2) is 77.3 Å². The molecule has 2 aliphatic heterocycles. The number of hydrogen-bond donors (Lipinski definition) is 2. The number of β-amino-alcohol motifs (C(OH)–C–C–N with tert-alkyl or cyclic N) is 1. The van der Waals surface area contributed by atoms with E-state index in [0.29, 0.717) is 54.0 Å². The van der Waals surface area contributed by atoms with E-state index in [4.69, 9.17) is 27.9 Å². The molecule has 0 spiro atoms. The molecule has 6 nitrogen and oxygen atoms in total. The lowest BCUT2D eigenvalue weighted by Crippen LogP contribution is -2.54. The molecule has 2 aliphatic rings. The molecule has 194 valence electrons. The second-order valence-electron chi connectivity index (χ2n) is 9.81. The van der Waals surface area contributed by atoms with E-state index >= 15 is 0 Å². The van der Waals surface area contributed by atoms with Gasteiger partial charge in [0.05, 0.1) is 28.9 Å². The predicted molar refractivity (Wildman–Crippen MR) is 143 cm³/mol. The monoisotopic (exact) mass is 532 g/mol.